The molecular weight excluding hydrogens is 340 g/mol. The first-order valence-electron chi connectivity index (χ1n) is 7.69. The van der Waals surface area contributed by atoms with E-state index in [9.17, 15) is 4.79 Å². The van der Waals surface area contributed by atoms with Crippen LogP contribution in [0.25, 0.3) is 0 Å². The van der Waals surface area contributed by atoms with E-state index in [2.05, 4.69) is 15.3 Å². The molecule has 2 rings (SSSR count). The number of carbonyl (C=O) groups is 1. The molecule has 0 fully saturated rings. The molecule has 8 heteroatoms. The quantitative estimate of drug-likeness (QED) is 0.575. The van der Waals surface area contributed by atoms with E-state index in [1.807, 2.05) is 25.1 Å². The SMILES string of the molecule is COc1ccc(CNC(=O)C(C)Sc2nc(C)cc(N)n2)cc1OC. The molecule has 0 saturated heterocycles. The van der Waals surface area contributed by atoms with Gasteiger partial charge < -0.3 is 20.5 Å². The van der Waals surface area contributed by atoms with E-state index in [1.54, 1.807) is 27.2 Å². The fraction of sp³-hybridized carbons (Fsp3) is 0.353. The number of aromatic nitrogens is 2. The number of rotatable bonds is 7. The molecule has 0 aliphatic heterocycles. The van der Waals surface area contributed by atoms with Gasteiger partial charge in [-0.3, -0.25) is 4.79 Å². The van der Waals surface area contributed by atoms with Crippen LogP contribution < -0.4 is 20.5 Å². The van der Waals surface area contributed by atoms with Gasteiger partial charge in [-0.1, -0.05) is 17.8 Å². The predicted octanol–water partition coefficient (Wildman–Crippen LogP) is 2.18. The maximum Gasteiger partial charge on any atom is 0.233 e. The molecule has 0 radical (unpaired) electrons. The summed E-state index contributed by atoms with van der Waals surface area (Å²) in [5.41, 5.74) is 7.40. The van der Waals surface area contributed by atoms with Crippen LogP contribution in [0, 0.1) is 6.92 Å². The molecular formula is C17H22N4O3S. The van der Waals surface area contributed by atoms with Crippen LogP contribution in [-0.4, -0.2) is 35.3 Å². The fourth-order valence-electron chi connectivity index (χ4n) is 2.15. The number of thioether (sulfide) groups is 1. The van der Waals surface area contributed by atoms with Gasteiger partial charge in [-0.15, -0.1) is 0 Å². The van der Waals surface area contributed by atoms with Crippen molar-refractivity contribution in [2.24, 2.45) is 0 Å². The normalized spacial score (nSPS) is 11.7. The largest absolute Gasteiger partial charge is 0.493 e. The van der Waals surface area contributed by atoms with E-state index in [0.717, 1.165) is 11.3 Å². The van der Waals surface area contributed by atoms with Crippen LogP contribution >= 0.6 is 11.8 Å². The highest BCUT2D eigenvalue weighted by Gasteiger charge is 2.16. The summed E-state index contributed by atoms with van der Waals surface area (Å²) in [4.78, 5) is 20.7. The van der Waals surface area contributed by atoms with Gasteiger partial charge in [0.05, 0.1) is 19.5 Å². The number of nitrogens with zero attached hydrogens (tertiary/aromatic N) is 2. The van der Waals surface area contributed by atoms with Gasteiger partial charge in [0.25, 0.3) is 0 Å². The average Bonchev–Trinajstić information content (AvgIpc) is 2.58. The summed E-state index contributed by atoms with van der Waals surface area (Å²) >= 11 is 1.27. The number of hydrogen-bond acceptors (Lipinski definition) is 7. The monoisotopic (exact) mass is 362 g/mol. The summed E-state index contributed by atoms with van der Waals surface area (Å²) in [5.74, 6) is 1.56. The molecule has 25 heavy (non-hydrogen) atoms. The second-order valence-electron chi connectivity index (χ2n) is 5.38. The molecule has 2 aromatic rings. The van der Waals surface area contributed by atoms with Gasteiger partial charge in [-0.2, -0.15) is 0 Å². The van der Waals surface area contributed by atoms with Gasteiger partial charge in [-0.25, -0.2) is 9.97 Å². The Morgan fingerprint density at radius 2 is 1.96 bits per heavy atom. The first kappa shape index (κ1) is 18.9. The highest BCUT2D eigenvalue weighted by Crippen LogP contribution is 2.27. The third-order valence-corrected chi connectivity index (χ3v) is 4.38. The number of amides is 1. The highest BCUT2D eigenvalue weighted by atomic mass is 32.2. The van der Waals surface area contributed by atoms with E-state index in [4.69, 9.17) is 15.2 Å². The zero-order valence-electron chi connectivity index (χ0n) is 14.7. The molecule has 0 aliphatic rings. The average molecular weight is 362 g/mol. The second-order valence-corrected chi connectivity index (χ2v) is 6.69. The summed E-state index contributed by atoms with van der Waals surface area (Å²) in [7, 11) is 3.16. The van der Waals surface area contributed by atoms with E-state index in [1.165, 1.54) is 11.8 Å². The maximum atomic E-state index is 12.3. The van der Waals surface area contributed by atoms with Gasteiger partial charge in [0.1, 0.15) is 5.82 Å². The van der Waals surface area contributed by atoms with E-state index < -0.39 is 0 Å². The number of methoxy groups -OCH3 is 2. The Labute approximate surface area is 151 Å². The maximum absolute atomic E-state index is 12.3. The molecule has 0 aliphatic carbocycles. The summed E-state index contributed by atoms with van der Waals surface area (Å²) in [6.45, 7) is 4.03. The molecule has 1 amide bonds. The number of nitrogens with one attached hydrogen (secondary N) is 1. The van der Waals surface area contributed by atoms with Crippen LogP contribution in [0.4, 0.5) is 5.82 Å². The number of benzene rings is 1. The minimum absolute atomic E-state index is 0.108. The van der Waals surface area contributed by atoms with Crippen LogP contribution in [0.1, 0.15) is 18.2 Å². The number of carbonyl (C=O) groups excluding carboxylic acids is 1. The van der Waals surface area contributed by atoms with Gasteiger partial charge in [0, 0.05) is 18.3 Å². The first-order valence-corrected chi connectivity index (χ1v) is 8.57. The van der Waals surface area contributed by atoms with Gasteiger partial charge in [0.15, 0.2) is 16.7 Å². The van der Waals surface area contributed by atoms with Crippen LogP contribution in [0.15, 0.2) is 29.4 Å². The number of hydrogen-bond donors (Lipinski definition) is 2. The number of aryl methyl sites for hydroxylation is 1. The van der Waals surface area contributed by atoms with Crippen molar-refractivity contribution in [3.63, 3.8) is 0 Å². The molecule has 0 spiro atoms. The second kappa shape index (κ2) is 8.57. The van der Waals surface area contributed by atoms with Gasteiger partial charge >= 0.3 is 0 Å². The molecule has 0 saturated carbocycles. The van der Waals surface area contributed by atoms with Crippen molar-refractivity contribution in [3.05, 3.63) is 35.5 Å². The smallest absolute Gasteiger partial charge is 0.233 e. The lowest BCUT2D eigenvalue weighted by atomic mass is 10.2. The number of nitrogens with two attached hydrogens (primary N) is 1. The summed E-state index contributed by atoms with van der Waals surface area (Å²) in [6, 6.07) is 7.21. The lowest BCUT2D eigenvalue weighted by Gasteiger charge is -2.13. The molecule has 1 unspecified atom stereocenters. The Kier molecular flexibility index (Phi) is 6.46. The highest BCUT2D eigenvalue weighted by molar-refractivity contribution is 8.00. The van der Waals surface area contributed by atoms with Gasteiger partial charge in [0.2, 0.25) is 5.91 Å². The zero-order chi connectivity index (χ0) is 18.4. The predicted molar refractivity (Wildman–Crippen MR) is 97.9 cm³/mol. The lowest BCUT2D eigenvalue weighted by molar-refractivity contribution is -0.120. The molecule has 7 nitrogen and oxygen atoms in total. The standard InChI is InChI=1S/C17H22N4O3S/c1-10-7-15(18)21-17(20-10)25-11(2)16(22)19-9-12-5-6-13(23-3)14(8-12)24-4/h5-8,11H,9H2,1-4H3,(H,19,22)(H2,18,20,21). The Morgan fingerprint density at radius 1 is 1.24 bits per heavy atom. The summed E-state index contributed by atoms with van der Waals surface area (Å²) < 4.78 is 10.5. The van der Waals surface area contributed by atoms with Crippen LogP contribution in [-0.2, 0) is 11.3 Å². The molecule has 1 aromatic heterocycles. The van der Waals surface area contributed by atoms with Crippen LogP contribution in [0.2, 0.25) is 0 Å². The summed E-state index contributed by atoms with van der Waals surface area (Å²) in [6.07, 6.45) is 0. The zero-order valence-corrected chi connectivity index (χ0v) is 15.5. The van der Waals surface area contributed by atoms with E-state index in [0.29, 0.717) is 29.0 Å². The van der Waals surface area contributed by atoms with Crippen molar-refractivity contribution >= 4 is 23.5 Å². The Bertz CT molecular complexity index is 734. The Balaban J connectivity index is 1.95. The van der Waals surface area contributed by atoms with E-state index in [-0.39, 0.29) is 11.2 Å². The van der Waals surface area contributed by atoms with Crippen molar-refractivity contribution in [1.29, 1.82) is 0 Å². The first-order chi connectivity index (χ1) is 11.9. The third kappa shape index (κ3) is 5.25. The summed E-state index contributed by atoms with van der Waals surface area (Å²) in [5, 5.41) is 3.04. The van der Waals surface area contributed by atoms with Gasteiger partial charge in [-0.05, 0) is 31.5 Å². The Hall–Kier alpha value is -2.48. The van der Waals surface area contributed by atoms with Crippen LogP contribution in [0.3, 0.4) is 0 Å². The topological polar surface area (TPSA) is 99.4 Å². The van der Waals surface area contributed by atoms with Crippen molar-refractivity contribution in [2.45, 2.75) is 30.8 Å². The van der Waals surface area contributed by atoms with E-state index >= 15 is 0 Å². The Morgan fingerprint density at radius 3 is 2.60 bits per heavy atom. The van der Waals surface area contributed by atoms with Crippen molar-refractivity contribution < 1.29 is 14.3 Å². The third-order valence-electron chi connectivity index (χ3n) is 3.42. The minimum Gasteiger partial charge on any atom is -0.493 e. The minimum atomic E-state index is -0.346. The molecule has 134 valence electrons. The van der Waals surface area contributed by atoms with Crippen molar-refractivity contribution in [3.8, 4) is 11.5 Å². The van der Waals surface area contributed by atoms with Crippen LogP contribution in [0.5, 0.6) is 11.5 Å². The molecule has 1 heterocycles. The van der Waals surface area contributed by atoms with Crippen molar-refractivity contribution in [2.75, 3.05) is 20.0 Å². The van der Waals surface area contributed by atoms with Crippen molar-refractivity contribution in [1.82, 2.24) is 15.3 Å². The fourth-order valence-corrected chi connectivity index (χ4v) is 3.01. The molecule has 0 bridgehead atoms. The molecule has 1 aromatic carbocycles. The molecule has 1 atom stereocenters. The number of anilines is 1. The molecule has 3 N–H and O–H groups in total. The lowest BCUT2D eigenvalue weighted by Crippen LogP contribution is -2.30. The number of ether oxygens (including phenoxy) is 2. The number of nitrogen functional groups attached to an aromatic ring is 1.